The molecular formula is C43H42N4OPt. The van der Waals surface area contributed by atoms with Gasteiger partial charge in [-0.2, -0.15) is 17.2 Å². The third-order valence-corrected chi connectivity index (χ3v) is 9.01. The molecule has 250 valence electrons. The van der Waals surface area contributed by atoms with Crippen molar-refractivity contribution in [1.82, 2.24) is 19.3 Å². The zero-order valence-electron chi connectivity index (χ0n) is 29.1. The topological polar surface area (TPSA) is 44.9 Å². The van der Waals surface area contributed by atoms with E-state index in [0.29, 0.717) is 11.5 Å². The molecule has 0 spiro atoms. The van der Waals surface area contributed by atoms with Crippen molar-refractivity contribution in [3.8, 4) is 34.1 Å². The third kappa shape index (κ3) is 7.14. The van der Waals surface area contributed by atoms with Crippen LogP contribution in [0.1, 0.15) is 63.1 Å². The van der Waals surface area contributed by atoms with Gasteiger partial charge in [0.15, 0.2) is 0 Å². The minimum absolute atomic E-state index is 0. The predicted octanol–water partition coefficient (Wildman–Crippen LogP) is 11.0. The van der Waals surface area contributed by atoms with Gasteiger partial charge in [-0.05, 0) is 84.5 Å². The van der Waals surface area contributed by atoms with E-state index in [0.717, 1.165) is 76.1 Å². The normalized spacial score (nSPS) is 11.6. The molecule has 0 radical (unpaired) electrons. The first-order valence-corrected chi connectivity index (χ1v) is 17.0. The molecule has 7 rings (SSSR count). The molecule has 6 heteroatoms. The molecule has 0 saturated heterocycles. The SMILES string of the molecule is CCCc1ccc2c(c1)c1ccc(Oc3[c-]c(-n4nc(C)c(-c5ccccc5)c4C)ccc3)[c-]c1n2-c1cc(CCC(C)(C)C)ccn1.[Pt+2]. The summed E-state index contributed by atoms with van der Waals surface area (Å²) in [5.74, 6) is 2.12. The quantitative estimate of drug-likeness (QED) is 0.136. The van der Waals surface area contributed by atoms with Gasteiger partial charge in [-0.3, -0.25) is 4.68 Å². The minimum atomic E-state index is 0. The van der Waals surface area contributed by atoms with Crippen LogP contribution in [-0.2, 0) is 33.9 Å². The van der Waals surface area contributed by atoms with Gasteiger partial charge in [0, 0.05) is 34.5 Å². The molecule has 5 nitrogen and oxygen atoms in total. The zero-order chi connectivity index (χ0) is 33.4. The predicted molar refractivity (Wildman–Crippen MR) is 197 cm³/mol. The maximum absolute atomic E-state index is 6.47. The van der Waals surface area contributed by atoms with Gasteiger partial charge in [-0.15, -0.1) is 35.7 Å². The average Bonchev–Trinajstić information content (AvgIpc) is 3.56. The van der Waals surface area contributed by atoms with Crippen LogP contribution in [-0.4, -0.2) is 19.3 Å². The van der Waals surface area contributed by atoms with Gasteiger partial charge in [-0.1, -0.05) is 82.1 Å². The van der Waals surface area contributed by atoms with Crippen molar-refractivity contribution in [2.75, 3.05) is 0 Å². The molecule has 3 heterocycles. The summed E-state index contributed by atoms with van der Waals surface area (Å²) in [5.41, 5.74) is 10.1. The Morgan fingerprint density at radius 3 is 2.33 bits per heavy atom. The maximum atomic E-state index is 6.47. The number of ether oxygens (including phenoxy) is 1. The largest absolute Gasteiger partial charge is 2.00 e. The van der Waals surface area contributed by atoms with Crippen LogP contribution in [0.25, 0.3) is 44.4 Å². The molecule has 3 aromatic heterocycles. The Hall–Kier alpha value is -4.47. The second-order valence-corrected chi connectivity index (χ2v) is 13.9. The van der Waals surface area contributed by atoms with E-state index in [-0.39, 0.29) is 26.5 Å². The second-order valence-electron chi connectivity index (χ2n) is 13.9. The van der Waals surface area contributed by atoms with Crippen LogP contribution in [0.4, 0.5) is 0 Å². The number of hydrogen-bond acceptors (Lipinski definition) is 3. The number of fused-ring (bicyclic) bond motifs is 3. The van der Waals surface area contributed by atoms with E-state index in [2.05, 4.69) is 119 Å². The van der Waals surface area contributed by atoms with Crippen LogP contribution in [0.2, 0.25) is 0 Å². The van der Waals surface area contributed by atoms with E-state index in [1.807, 2.05) is 41.2 Å². The zero-order valence-corrected chi connectivity index (χ0v) is 31.4. The van der Waals surface area contributed by atoms with E-state index < -0.39 is 0 Å². The summed E-state index contributed by atoms with van der Waals surface area (Å²) in [5, 5.41) is 7.21. The van der Waals surface area contributed by atoms with Crippen LogP contribution in [0.15, 0.2) is 97.2 Å². The van der Waals surface area contributed by atoms with Crippen LogP contribution < -0.4 is 4.74 Å². The number of pyridine rings is 1. The molecule has 0 amide bonds. The van der Waals surface area contributed by atoms with Crippen molar-refractivity contribution in [1.29, 1.82) is 0 Å². The molecule has 0 fully saturated rings. The fourth-order valence-electron chi connectivity index (χ4n) is 6.61. The van der Waals surface area contributed by atoms with Crippen molar-refractivity contribution < 1.29 is 25.8 Å². The van der Waals surface area contributed by atoms with E-state index in [4.69, 9.17) is 14.8 Å². The van der Waals surface area contributed by atoms with Gasteiger partial charge < -0.3 is 9.30 Å². The third-order valence-electron chi connectivity index (χ3n) is 9.01. The van der Waals surface area contributed by atoms with Crippen molar-refractivity contribution in [2.45, 2.75) is 67.2 Å². The fourth-order valence-corrected chi connectivity index (χ4v) is 6.61. The molecule has 7 aromatic rings. The first-order chi connectivity index (χ1) is 23.2. The fraction of sp³-hybridized carbons (Fsp3) is 0.256. The van der Waals surface area contributed by atoms with Crippen LogP contribution in [0.3, 0.4) is 0 Å². The molecule has 0 saturated carbocycles. The molecule has 0 aliphatic carbocycles. The van der Waals surface area contributed by atoms with Gasteiger partial charge in [0.1, 0.15) is 5.82 Å². The molecule has 0 bridgehead atoms. The van der Waals surface area contributed by atoms with Gasteiger partial charge in [-0.25, -0.2) is 4.98 Å². The minimum Gasteiger partial charge on any atom is -0.509 e. The average molecular weight is 826 g/mol. The van der Waals surface area contributed by atoms with Crippen LogP contribution >= 0.6 is 0 Å². The summed E-state index contributed by atoms with van der Waals surface area (Å²) in [6.07, 6.45) is 6.19. The second kappa shape index (κ2) is 14.2. The smallest absolute Gasteiger partial charge is 0.509 e. The van der Waals surface area contributed by atoms with Crippen molar-refractivity contribution in [3.63, 3.8) is 0 Å². The Balaban J connectivity index is 0.00000417. The van der Waals surface area contributed by atoms with Crippen LogP contribution in [0, 0.1) is 31.4 Å². The van der Waals surface area contributed by atoms with E-state index in [1.165, 1.54) is 16.5 Å². The van der Waals surface area contributed by atoms with Gasteiger partial charge in [0.05, 0.1) is 5.69 Å². The molecule has 0 atom stereocenters. The Morgan fingerprint density at radius 2 is 1.55 bits per heavy atom. The van der Waals surface area contributed by atoms with Gasteiger partial charge in [0.25, 0.3) is 0 Å². The van der Waals surface area contributed by atoms with Crippen molar-refractivity contribution in [2.24, 2.45) is 5.41 Å². The van der Waals surface area contributed by atoms with Gasteiger partial charge in [0.2, 0.25) is 0 Å². The van der Waals surface area contributed by atoms with Gasteiger partial charge >= 0.3 is 21.1 Å². The molecule has 0 aliphatic rings. The Kier molecular flexibility index (Phi) is 9.95. The first kappa shape index (κ1) is 34.4. The molecule has 0 unspecified atom stereocenters. The summed E-state index contributed by atoms with van der Waals surface area (Å²) < 4.78 is 10.7. The maximum Gasteiger partial charge on any atom is 2.00 e. The summed E-state index contributed by atoms with van der Waals surface area (Å²) in [6, 6.07) is 38.7. The molecule has 0 aliphatic heterocycles. The first-order valence-electron chi connectivity index (χ1n) is 17.0. The summed E-state index contributed by atoms with van der Waals surface area (Å²) in [6.45, 7) is 13.2. The summed E-state index contributed by atoms with van der Waals surface area (Å²) >= 11 is 0. The summed E-state index contributed by atoms with van der Waals surface area (Å²) in [4.78, 5) is 4.87. The number of rotatable bonds is 9. The Morgan fingerprint density at radius 1 is 0.776 bits per heavy atom. The molecule has 0 N–H and O–H groups in total. The standard InChI is InChI=1S/C43H42N4O.Pt/c1-7-12-31-17-20-39-38(25-31)37-19-18-36(28-40(37)46(39)41-26-32(22-24-44-41)21-23-43(4,5)6)48-35-16-11-15-34(27-35)47-30(3)42(29(2)45-47)33-13-9-8-10-14-33;/h8-11,13-20,22,24-26H,7,12,21,23H2,1-6H3;/q-2;+2. The molecule has 49 heavy (non-hydrogen) atoms. The monoisotopic (exact) mass is 825 g/mol. The molecule has 4 aromatic carbocycles. The van der Waals surface area contributed by atoms with E-state index in [1.54, 1.807) is 0 Å². The number of hydrogen-bond donors (Lipinski definition) is 0. The summed E-state index contributed by atoms with van der Waals surface area (Å²) in [7, 11) is 0. The Labute approximate surface area is 304 Å². The van der Waals surface area contributed by atoms with Crippen molar-refractivity contribution >= 4 is 21.8 Å². The molecular weight excluding hydrogens is 784 g/mol. The number of aryl methyl sites for hydroxylation is 3. The van der Waals surface area contributed by atoms with E-state index in [9.17, 15) is 0 Å². The Bertz CT molecular complexity index is 2240. The number of nitrogens with zero attached hydrogens (tertiary/aromatic N) is 4. The van der Waals surface area contributed by atoms with E-state index >= 15 is 0 Å². The van der Waals surface area contributed by atoms with Crippen LogP contribution in [0.5, 0.6) is 11.5 Å². The number of aromatic nitrogens is 4. The van der Waals surface area contributed by atoms with Crippen molar-refractivity contribution in [3.05, 3.63) is 132 Å². The number of benzene rings is 4.